The molecule has 72 valence electrons. The second-order valence-corrected chi connectivity index (χ2v) is 2.71. The monoisotopic (exact) mass is 204 g/mol. The first-order chi connectivity index (χ1) is 6.27. The Bertz CT molecular complexity index is 278. The largest absolute Gasteiger partial charge is 0.497 e. The van der Waals surface area contributed by atoms with E-state index >= 15 is 0 Å². The van der Waals surface area contributed by atoms with Crippen LogP contribution in [-0.2, 0) is 0 Å². The third kappa shape index (κ3) is 2.77. The molecule has 0 saturated carbocycles. The van der Waals surface area contributed by atoms with Crippen molar-refractivity contribution in [3.63, 3.8) is 0 Å². The van der Waals surface area contributed by atoms with Crippen molar-refractivity contribution in [3.05, 3.63) is 24.0 Å². The molecule has 0 amide bonds. The minimum Gasteiger partial charge on any atom is -0.497 e. The fourth-order valence-corrected chi connectivity index (χ4v) is 0.947. The maximum atomic E-state index is 13.0. The first-order valence-corrected chi connectivity index (χ1v) is 4.33. The maximum Gasteiger partial charge on any atom is 0.165 e. The lowest BCUT2D eigenvalue weighted by molar-refractivity contribution is 0.320. The van der Waals surface area contributed by atoms with E-state index in [1.54, 1.807) is 0 Å². The molecule has 1 rings (SSSR count). The van der Waals surface area contributed by atoms with Crippen molar-refractivity contribution in [1.29, 1.82) is 0 Å². The minimum absolute atomic E-state index is 0.167. The second-order valence-electron chi connectivity index (χ2n) is 2.33. The molecule has 13 heavy (non-hydrogen) atoms. The summed E-state index contributed by atoms with van der Waals surface area (Å²) in [7, 11) is 1.51. The van der Waals surface area contributed by atoms with E-state index in [0.717, 1.165) is 0 Å². The van der Waals surface area contributed by atoms with Gasteiger partial charge in [0.1, 0.15) is 12.4 Å². The van der Waals surface area contributed by atoms with Gasteiger partial charge in [-0.25, -0.2) is 4.39 Å². The number of hydrogen-bond acceptors (Lipinski definition) is 2. The molecular weight excluding hydrogens is 195 g/mol. The van der Waals surface area contributed by atoms with Crippen molar-refractivity contribution in [2.24, 2.45) is 0 Å². The van der Waals surface area contributed by atoms with Crippen molar-refractivity contribution in [2.45, 2.75) is 0 Å². The van der Waals surface area contributed by atoms with Crippen LogP contribution in [0.1, 0.15) is 0 Å². The van der Waals surface area contributed by atoms with Gasteiger partial charge in [-0.1, -0.05) is 0 Å². The molecule has 4 heteroatoms. The van der Waals surface area contributed by atoms with Crippen LogP contribution in [0.15, 0.2) is 18.2 Å². The highest BCUT2D eigenvalue weighted by Crippen LogP contribution is 2.23. The normalized spacial score (nSPS) is 9.77. The summed E-state index contributed by atoms with van der Waals surface area (Å²) in [6, 6.07) is 4.31. The molecule has 0 aliphatic heterocycles. The standard InChI is InChI=1S/C9H10ClFO2/c1-12-7-2-3-8(11)9(6-7)13-5-4-10/h2-3,6H,4-5H2,1H3. The Labute approximate surface area is 81.2 Å². The van der Waals surface area contributed by atoms with Gasteiger partial charge in [0.15, 0.2) is 11.6 Å². The molecule has 1 aromatic rings. The Morgan fingerprint density at radius 3 is 2.85 bits per heavy atom. The molecule has 0 aliphatic carbocycles. The molecular formula is C9H10ClFO2. The quantitative estimate of drug-likeness (QED) is 0.702. The minimum atomic E-state index is -0.411. The van der Waals surface area contributed by atoms with Crippen LogP contribution >= 0.6 is 11.6 Å². The lowest BCUT2D eigenvalue weighted by Crippen LogP contribution is -2.00. The van der Waals surface area contributed by atoms with Gasteiger partial charge in [-0.05, 0) is 12.1 Å². The Morgan fingerprint density at radius 1 is 1.46 bits per heavy atom. The van der Waals surface area contributed by atoms with Gasteiger partial charge in [-0.2, -0.15) is 0 Å². The molecule has 0 N–H and O–H groups in total. The number of ether oxygens (including phenoxy) is 2. The van der Waals surface area contributed by atoms with Gasteiger partial charge in [0, 0.05) is 6.07 Å². The summed E-state index contributed by atoms with van der Waals surface area (Å²) >= 11 is 5.40. The summed E-state index contributed by atoms with van der Waals surface area (Å²) in [6.07, 6.45) is 0. The van der Waals surface area contributed by atoms with Gasteiger partial charge in [-0.15, -0.1) is 11.6 Å². The van der Waals surface area contributed by atoms with Crippen molar-refractivity contribution in [2.75, 3.05) is 19.6 Å². The molecule has 0 spiro atoms. The van der Waals surface area contributed by atoms with Crippen molar-refractivity contribution in [3.8, 4) is 11.5 Å². The fourth-order valence-electron chi connectivity index (χ4n) is 0.870. The van der Waals surface area contributed by atoms with E-state index in [2.05, 4.69) is 0 Å². The first-order valence-electron chi connectivity index (χ1n) is 3.80. The van der Waals surface area contributed by atoms with Gasteiger partial charge >= 0.3 is 0 Å². The molecule has 0 radical (unpaired) electrons. The zero-order valence-electron chi connectivity index (χ0n) is 7.22. The summed E-state index contributed by atoms with van der Waals surface area (Å²) in [6.45, 7) is 0.283. The highest BCUT2D eigenvalue weighted by molar-refractivity contribution is 6.17. The maximum absolute atomic E-state index is 13.0. The summed E-state index contributed by atoms with van der Waals surface area (Å²) in [5.41, 5.74) is 0. The molecule has 0 bridgehead atoms. The van der Waals surface area contributed by atoms with Crippen LogP contribution in [0, 0.1) is 5.82 Å². The predicted molar refractivity (Wildman–Crippen MR) is 49.2 cm³/mol. The van der Waals surface area contributed by atoms with Crippen LogP contribution in [-0.4, -0.2) is 19.6 Å². The van der Waals surface area contributed by atoms with E-state index < -0.39 is 5.82 Å². The van der Waals surface area contributed by atoms with Crippen LogP contribution in [0.25, 0.3) is 0 Å². The molecule has 1 aromatic carbocycles. The van der Waals surface area contributed by atoms with Gasteiger partial charge in [0.05, 0.1) is 13.0 Å². The SMILES string of the molecule is COc1ccc(F)c(OCCCl)c1. The highest BCUT2D eigenvalue weighted by atomic mass is 35.5. The number of methoxy groups -OCH3 is 1. The van der Waals surface area contributed by atoms with Gasteiger partial charge in [-0.3, -0.25) is 0 Å². The van der Waals surface area contributed by atoms with Crippen LogP contribution in [0.2, 0.25) is 0 Å². The summed E-state index contributed by atoms with van der Waals surface area (Å²) in [4.78, 5) is 0. The second kappa shape index (κ2) is 4.92. The van der Waals surface area contributed by atoms with Crippen LogP contribution in [0.3, 0.4) is 0 Å². The molecule has 0 aliphatic rings. The number of hydrogen-bond donors (Lipinski definition) is 0. The lowest BCUT2D eigenvalue weighted by Gasteiger charge is -2.06. The average molecular weight is 205 g/mol. The fraction of sp³-hybridized carbons (Fsp3) is 0.333. The predicted octanol–water partition coefficient (Wildman–Crippen LogP) is 2.45. The number of halogens is 2. The van der Waals surface area contributed by atoms with Crippen LogP contribution in [0.4, 0.5) is 4.39 Å². The Morgan fingerprint density at radius 2 is 2.23 bits per heavy atom. The molecule has 2 nitrogen and oxygen atoms in total. The van der Waals surface area contributed by atoms with E-state index in [1.165, 1.54) is 25.3 Å². The molecule has 0 saturated heterocycles. The lowest BCUT2D eigenvalue weighted by atomic mass is 10.3. The number of benzene rings is 1. The van der Waals surface area contributed by atoms with Gasteiger partial charge < -0.3 is 9.47 Å². The molecule has 0 fully saturated rings. The van der Waals surface area contributed by atoms with E-state index in [4.69, 9.17) is 21.1 Å². The Balaban J connectivity index is 2.78. The number of alkyl halides is 1. The summed E-state index contributed by atoms with van der Waals surface area (Å²) < 4.78 is 23.0. The van der Waals surface area contributed by atoms with E-state index in [9.17, 15) is 4.39 Å². The molecule has 0 atom stereocenters. The third-order valence-electron chi connectivity index (χ3n) is 1.47. The van der Waals surface area contributed by atoms with Crippen LogP contribution in [0.5, 0.6) is 11.5 Å². The summed E-state index contributed by atoms with van der Waals surface area (Å²) in [5.74, 6) is 0.647. The van der Waals surface area contributed by atoms with E-state index in [1.807, 2.05) is 0 Å². The Kier molecular flexibility index (Phi) is 3.83. The van der Waals surface area contributed by atoms with Gasteiger partial charge in [0.25, 0.3) is 0 Å². The molecule has 0 heterocycles. The van der Waals surface area contributed by atoms with Gasteiger partial charge in [0.2, 0.25) is 0 Å². The average Bonchev–Trinajstić information content (AvgIpc) is 2.17. The van der Waals surface area contributed by atoms with Crippen LogP contribution < -0.4 is 9.47 Å². The van der Waals surface area contributed by atoms with Crippen molar-refractivity contribution < 1.29 is 13.9 Å². The molecule has 0 aromatic heterocycles. The topological polar surface area (TPSA) is 18.5 Å². The molecule has 0 unspecified atom stereocenters. The van der Waals surface area contributed by atoms with Crippen molar-refractivity contribution >= 4 is 11.6 Å². The zero-order valence-corrected chi connectivity index (χ0v) is 7.97. The van der Waals surface area contributed by atoms with E-state index in [0.29, 0.717) is 11.6 Å². The summed E-state index contributed by atoms with van der Waals surface area (Å²) in [5, 5.41) is 0. The highest BCUT2D eigenvalue weighted by Gasteiger charge is 2.04. The van der Waals surface area contributed by atoms with E-state index in [-0.39, 0.29) is 12.4 Å². The smallest absolute Gasteiger partial charge is 0.165 e. The van der Waals surface area contributed by atoms with Crippen molar-refractivity contribution in [1.82, 2.24) is 0 Å². The first kappa shape index (κ1) is 10.1. The zero-order chi connectivity index (χ0) is 9.68. The third-order valence-corrected chi connectivity index (χ3v) is 1.63. The Hall–Kier alpha value is -0.960. The number of rotatable bonds is 4.